The zero-order valence-electron chi connectivity index (χ0n) is 23.9. The summed E-state index contributed by atoms with van der Waals surface area (Å²) in [4.78, 5) is 9.06. The standard InChI is InChI=1S/C34H47N3OS/c1-2-35-24-27-7-3-6-10-33(27)34(25-35,28-8-4-5-9-28)29-17-19-36(20-18-29)21-26-22-37(23-26)30-11-13-31(14-12-30)39(38)32-15-16-32/h3,6-7,10-14,26,28-29,32H,2,4-5,8-9,15-25H2,1H3. The molecule has 3 heterocycles. The maximum absolute atomic E-state index is 12.4. The molecule has 2 atom stereocenters. The van der Waals surface area contributed by atoms with Crippen LogP contribution in [0.3, 0.4) is 0 Å². The van der Waals surface area contributed by atoms with E-state index in [1.165, 1.54) is 76.9 Å². The third-order valence-electron chi connectivity index (χ3n) is 11.0. The molecule has 5 heteroatoms. The molecule has 5 aliphatic rings. The van der Waals surface area contributed by atoms with E-state index < -0.39 is 11.2 Å². The number of likely N-dealkylation sites (tertiary alicyclic amines) is 1. The number of rotatable bonds is 8. The van der Waals surface area contributed by atoms with Crippen molar-refractivity contribution < 1.29 is 4.55 Å². The van der Waals surface area contributed by atoms with Gasteiger partial charge in [0.15, 0.2) is 4.90 Å². The van der Waals surface area contributed by atoms with Gasteiger partial charge in [0.2, 0.25) is 0 Å². The number of piperidine rings is 1. The molecule has 0 bridgehead atoms. The first-order valence-electron chi connectivity index (χ1n) is 15.9. The van der Waals surface area contributed by atoms with E-state index in [4.69, 9.17) is 0 Å². The summed E-state index contributed by atoms with van der Waals surface area (Å²) in [5.74, 6) is 2.44. The van der Waals surface area contributed by atoms with E-state index in [-0.39, 0.29) is 0 Å². The molecule has 2 aromatic carbocycles. The number of benzene rings is 2. The topological polar surface area (TPSA) is 32.8 Å². The Labute approximate surface area is 239 Å². The summed E-state index contributed by atoms with van der Waals surface area (Å²) in [7, 11) is 0. The molecule has 2 saturated heterocycles. The molecule has 210 valence electrons. The van der Waals surface area contributed by atoms with Crippen LogP contribution in [0.4, 0.5) is 5.69 Å². The van der Waals surface area contributed by atoms with Crippen molar-refractivity contribution >= 4 is 16.9 Å². The van der Waals surface area contributed by atoms with Crippen molar-refractivity contribution in [1.82, 2.24) is 9.80 Å². The van der Waals surface area contributed by atoms with Crippen LogP contribution >= 0.6 is 0 Å². The molecule has 4 nitrogen and oxygen atoms in total. The van der Waals surface area contributed by atoms with Crippen LogP contribution in [0.1, 0.15) is 69.4 Å². The zero-order chi connectivity index (χ0) is 26.4. The third-order valence-corrected chi connectivity index (χ3v) is 12.8. The van der Waals surface area contributed by atoms with Crippen molar-refractivity contribution in [1.29, 1.82) is 0 Å². The quantitative estimate of drug-likeness (QED) is 0.377. The normalized spacial score (nSPS) is 28.4. The largest absolute Gasteiger partial charge is 0.611 e. The molecular weight excluding hydrogens is 498 g/mol. The van der Waals surface area contributed by atoms with Crippen LogP contribution in [0.5, 0.6) is 0 Å². The van der Waals surface area contributed by atoms with E-state index in [0.717, 1.165) is 55.1 Å². The number of hydrogen-bond acceptors (Lipinski definition) is 4. The molecule has 7 rings (SSSR count). The van der Waals surface area contributed by atoms with Crippen LogP contribution < -0.4 is 4.90 Å². The molecule has 0 radical (unpaired) electrons. The highest BCUT2D eigenvalue weighted by molar-refractivity contribution is 7.92. The monoisotopic (exact) mass is 545 g/mol. The number of nitrogens with zero attached hydrogens (tertiary/aromatic N) is 3. The van der Waals surface area contributed by atoms with Crippen LogP contribution in [-0.2, 0) is 23.1 Å². The first-order valence-corrected chi connectivity index (χ1v) is 17.1. The van der Waals surface area contributed by atoms with Gasteiger partial charge in [-0.25, -0.2) is 0 Å². The predicted octanol–water partition coefficient (Wildman–Crippen LogP) is 6.07. The Morgan fingerprint density at radius 2 is 1.54 bits per heavy atom. The minimum absolute atomic E-state index is 0.357. The van der Waals surface area contributed by atoms with E-state index in [0.29, 0.717) is 10.7 Å². The molecule has 2 aromatic rings. The van der Waals surface area contributed by atoms with Gasteiger partial charge in [0.25, 0.3) is 0 Å². The fraction of sp³-hybridized carbons (Fsp3) is 0.647. The minimum atomic E-state index is -0.794. The van der Waals surface area contributed by atoms with Gasteiger partial charge in [0.1, 0.15) is 5.25 Å². The fourth-order valence-corrected chi connectivity index (χ4v) is 10.1. The van der Waals surface area contributed by atoms with Crippen LogP contribution in [0.2, 0.25) is 0 Å². The van der Waals surface area contributed by atoms with Gasteiger partial charge in [0.05, 0.1) is 0 Å². The van der Waals surface area contributed by atoms with Gasteiger partial charge in [-0.3, -0.25) is 4.90 Å². The van der Waals surface area contributed by atoms with Gasteiger partial charge < -0.3 is 14.4 Å². The number of fused-ring (bicyclic) bond motifs is 1. The second-order valence-corrected chi connectivity index (χ2v) is 15.1. The first-order chi connectivity index (χ1) is 19.1. The molecule has 0 amide bonds. The molecule has 2 aliphatic carbocycles. The smallest absolute Gasteiger partial charge is 0.153 e. The summed E-state index contributed by atoms with van der Waals surface area (Å²) < 4.78 is 12.4. The van der Waals surface area contributed by atoms with Crippen molar-refractivity contribution in [2.75, 3.05) is 50.7 Å². The summed E-state index contributed by atoms with van der Waals surface area (Å²) >= 11 is -0.794. The Morgan fingerprint density at radius 3 is 2.23 bits per heavy atom. The Balaban J connectivity index is 0.975. The van der Waals surface area contributed by atoms with Gasteiger partial charge in [-0.2, -0.15) is 0 Å². The molecule has 4 fully saturated rings. The minimum Gasteiger partial charge on any atom is -0.611 e. The molecule has 3 aliphatic heterocycles. The lowest BCUT2D eigenvalue weighted by Gasteiger charge is -2.54. The summed E-state index contributed by atoms with van der Waals surface area (Å²) in [5, 5.41) is 0.417. The van der Waals surface area contributed by atoms with Gasteiger partial charge in [0, 0.05) is 62.6 Å². The van der Waals surface area contributed by atoms with E-state index in [2.05, 4.69) is 70.2 Å². The highest BCUT2D eigenvalue weighted by Gasteiger charge is 2.51. The zero-order valence-corrected chi connectivity index (χ0v) is 24.7. The van der Waals surface area contributed by atoms with E-state index in [1.54, 1.807) is 11.1 Å². The lowest BCUT2D eigenvalue weighted by Crippen LogP contribution is -2.57. The van der Waals surface area contributed by atoms with E-state index in [1.807, 2.05) is 0 Å². The first kappa shape index (κ1) is 26.4. The van der Waals surface area contributed by atoms with Gasteiger partial charge in [-0.05, 0) is 104 Å². The summed E-state index contributed by atoms with van der Waals surface area (Å²) in [6.07, 6.45) is 10.7. The van der Waals surface area contributed by atoms with Crippen molar-refractivity contribution in [2.24, 2.45) is 17.8 Å². The third kappa shape index (κ3) is 5.07. The number of hydrogen-bond donors (Lipinski definition) is 0. The highest BCUT2D eigenvalue weighted by atomic mass is 32.2. The van der Waals surface area contributed by atoms with Crippen LogP contribution in [0.25, 0.3) is 0 Å². The molecule has 2 saturated carbocycles. The molecule has 2 unspecified atom stereocenters. The van der Waals surface area contributed by atoms with E-state index in [9.17, 15) is 4.55 Å². The highest BCUT2D eigenvalue weighted by Crippen LogP contribution is 2.53. The lowest BCUT2D eigenvalue weighted by molar-refractivity contribution is 0.0359. The average molecular weight is 546 g/mol. The van der Waals surface area contributed by atoms with Crippen LogP contribution in [-0.4, -0.2) is 65.4 Å². The summed E-state index contributed by atoms with van der Waals surface area (Å²) in [6.45, 7) is 12.1. The Hall–Kier alpha value is -1.53. The van der Waals surface area contributed by atoms with Crippen molar-refractivity contribution in [2.45, 2.75) is 80.4 Å². The Kier molecular flexibility index (Phi) is 7.47. The van der Waals surface area contributed by atoms with Crippen LogP contribution in [0, 0.1) is 17.8 Å². The predicted molar refractivity (Wildman–Crippen MR) is 162 cm³/mol. The molecule has 0 spiro atoms. The average Bonchev–Trinajstić information content (AvgIpc) is 3.67. The maximum atomic E-state index is 12.4. The molecular formula is C34H47N3OS. The van der Waals surface area contributed by atoms with Crippen LogP contribution in [0.15, 0.2) is 53.4 Å². The number of likely N-dealkylation sites (N-methyl/N-ethyl adjacent to an activating group) is 1. The number of anilines is 1. The SMILES string of the molecule is CCN1Cc2ccccc2C(C2CCCC2)(C2CCN(CC3CN(c4ccc([S+]([O-])C5CC5)cc4)C3)CC2)C1. The summed E-state index contributed by atoms with van der Waals surface area (Å²) in [5.41, 5.74) is 5.00. The maximum Gasteiger partial charge on any atom is 0.153 e. The van der Waals surface area contributed by atoms with Crippen molar-refractivity contribution in [3.63, 3.8) is 0 Å². The van der Waals surface area contributed by atoms with Gasteiger partial charge in [-0.15, -0.1) is 0 Å². The van der Waals surface area contributed by atoms with Gasteiger partial charge in [-0.1, -0.05) is 44.0 Å². The Bertz CT molecular complexity index is 1120. The summed E-state index contributed by atoms with van der Waals surface area (Å²) in [6, 6.07) is 18.1. The van der Waals surface area contributed by atoms with E-state index >= 15 is 0 Å². The second kappa shape index (κ2) is 11.0. The molecule has 0 N–H and O–H groups in total. The second-order valence-electron chi connectivity index (χ2n) is 13.3. The molecule has 0 aromatic heterocycles. The lowest BCUT2D eigenvalue weighted by atomic mass is 9.57. The van der Waals surface area contributed by atoms with Gasteiger partial charge >= 0.3 is 0 Å². The van der Waals surface area contributed by atoms with Crippen molar-refractivity contribution in [3.8, 4) is 0 Å². The molecule has 39 heavy (non-hydrogen) atoms. The fourth-order valence-electron chi connectivity index (χ4n) is 8.72. The van der Waals surface area contributed by atoms with Crippen molar-refractivity contribution in [3.05, 3.63) is 59.7 Å². The Morgan fingerprint density at radius 1 is 0.846 bits per heavy atom.